The largest absolute Gasteiger partial charge is 0.488 e. The van der Waals surface area contributed by atoms with Crippen molar-refractivity contribution < 1.29 is 27.8 Å². The summed E-state index contributed by atoms with van der Waals surface area (Å²) < 4.78 is 48.1. The summed E-state index contributed by atoms with van der Waals surface area (Å²) in [5, 5.41) is 21.2. The van der Waals surface area contributed by atoms with E-state index in [9.17, 15) is 23.1 Å². The van der Waals surface area contributed by atoms with Gasteiger partial charge in [-0.3, -0.25) is 4.40 Å². The van der Waals surface area contributed by atoms with Gasteiger partial charge in [-0.05, 0) is 48.7 Å². The van der Waals surface area contributed by atoms with E-state index in [0.29, 0.717) is 35.8 Å². The average Bonchev–Trinajstić information content (AvgIpc) is 3.39. The van der Waals surface area contributed by atoms with Crippen LogP contribution in [0.3, 0.4) is 0 Å². The molecule has 1 unspecified atom stereocenters. The van der Waals surface area contributed by atoms with Crippen molar-refractivity contribution in [1.29, 1.82) is 0 Å². The predicted octanol–water partition coefficient (Wildman–Crippen LogP) is 5.55. The fourth-order valence-corrected chi connectivity index (χ4v) is 4.45. The number of likely N-dealkylation sites (tertiary alicyclic amines) is 1. The van der Waals surface area contributed by atoms with Crippen LogP contribution in [0.4, 0.5) is 23.9 Å². The first kappa shape index (κ1) is 24.4. The Morgan fingerprint density at radius 3 is 2.68 bits per heavy atom. The van der Waals surface area contributed by atoms with Gasteiger partial charge in [0.2, 0.25) is 5.95 Å². The molecule has 2 N–H and O–H groups in total. The lowest BCUT2D eigenvalue weighted by molar-refractivity contribution is -0.137. The van der Waals surface area contributed by atoms with Crippen LogP contribution < -0.4 is 10.1 Å². The maximum absolute atomic E-state index is 13.5. The Morgan fingerprint density at radius 2 is 1.92 bits per heavy atom. The van der Waals surface area contributed by atoms with Crippen LogP contribution in [0.1, 0.15) is 24.0 Å². The number of nitrogens with zero attached hydrogens (tertiary/aromatic N) is 4. The second-order valence-electron chi connectivity index (χ2n) is 8.83. The molecule has 5 rings (SSSR count). The number of rotatable bonds is 6. The molecule has 11 heteroatoms. The minimum absolute atomic E-state index is 0.0427. The number of alkyl halides is 3. The average molecular weight is 512 g/mol. The zero-order valence-electron chi connectivity index (χ0n) is 19.7. The number of hydrogen-bond acceptors (Lipinski definition) is 5. The van der Waals surface area contributed by atoms with E-state index in [2.05, 4.69) is 15.5 Å². The number of amides is 1. The maximum Gasteiger partial charge on any atom is 0.416 e. The third-order valence-electron chi connectivity index (χ3n) is 6.29. The molecule has 1 saturated heterocycles. The van der Waals surface area contributed by atoms with Crippen molar-refractivity contribution in [3.05, 3.63) is 78.0 Å². The van der Waals surface area contributed by atoms with Crippen LogP contribution in [0.15, 0.2) is 66.9 Å². The molecule has 0 aliphatic carbocycles. The Bertz CT molecular complexity index is 1410. The molecule has 3 heterocycles. The standard InChI is InChI=1S/C26H24F3N5O3/c27-26(28,29)18-10-11-20(22(14-18)37-16-17-6-2-1-3-7-17)23-21-9-5-13-34(21)24(32-31-23)30-19-8-4-12-33(15-19)25(35)36/h1-3,5-7,9-11,13-14,19H,4,8,12,15-16H2,(H,30,32)(H,35,36). The first-order chi connectivity index (χ1) is 17.8. The highest BCUT2D eigenvalue weighted by Gasteiger charge is 2.32. The fourth-order valence-electron chi connectivity index (χ4n) is 4.45. The van der Waals surface area contributed by atoms with Crippen molar-refractivity contribution in [2.24, 2.45) is 0 Å². The van der Waals surface area contributed by atoms with Crippen LogP contribution in [-0.4, -0.2) is 49.8 Å². The maximum atomic E-state index is 13.5. The van der Waals surface area contributed by atoms with Gasteiger partial charge in [-0.1, -0.05) is 30.3 Å². The first-order valence-corrected chi connectivity index (χ1v) is 11.8. The third-order valence-corrected chi connectivity index (χ3v) is 6.29. The number of benzene rings is 2. The zero-order chi connectivity index (χ0) is 26.0. The molecular formula is C26H24F3N5O3. The van der Waals surface area contributed by atoms with E-state index in [4.69, 9.17) is 4.74 Å². The molecular weight excluding hydrogens is 487 g/mol. The molecule has 0 spiro atoms. The van der Waals surface area contributed by atoms with Crippen LogP contribution >= 0.6 is 0 Å². The van der Waals surface area contributed by atoms with Crippen molar-refractivity contribution >= 4 is 17.6 Å². The molecule has 2 aromatic heterocycles. The summed E-state index contributed by atoms with van der Waals surface area (Å²) in [5.41, 5.74) is 1.35. The van der Waals surface area contributed by atoms with Gasteiger partial charge in [0.15, 0.2) is 0 Å². The van der Waals surface area contributed by atoms with E-state index in [-0.39, 0.29) is 18.4 Å². The minimum Gasteiger partial charge on any atom is -0.488 e. The molecule has 37 heavy (non-hydrogen) atoms. The molecule has 1 aliphatic rings. The van der Waals surface area contributed by atoms with E-state index in [1.54, 1.807) is 22.7 Å². The van der Waals surface area contributed by atoms with Gasteiger partial charge in [0, 0.05) is 30.9 Å². The normalized spacial score (nSPS) is 16.1. The summed E-state index contributed by atoms with van der Waals surface area (Å²) in [6.07, 6.45) is -2.24. The van der Waals surface area contributed by atoms with Gasteiger partial charge in [-0.2, -0.15) is 13.2 Å². The third kappa shape index (κ3) is 5.30. The van der Waals surface area contributed by atoms with Crippen LogP contribution in [0.25, 0.3) is 16.8 Å². The number of nitrogens with one attached hydrogen (secondary N) is 1. The van der Waals surface area contributed by atoms with E-state index in [1.807, 2.05) is 30.3 Å². The highest BCUT2D eigenvalue weighted by atomic mass is 19.4. The Kier molecular flexibility index (Phi) is 6.60. The second kappa shape index (κ2) is 10.00. The SMILES string of the molecule is O=C(O)N1CCCC(Nc2nnc(-c3ccc(C(F)(F)F)cc3OCc3ccccc3)c3cccn23)C1. The molecule has 0 radical (unpaired) electrons. The number of fused-ring (bicyclic) bond motifs is 1. The molecule has 1 aliphatic heterocycles. The number of halogens is 3. The Balaban J connectivity index is 1.49. The predicted molar refractivity (Wildman–Crippen MR) is 130 cm³/mol. The van der Waals surface area contributed by atoms with Crippen LogP contribution in [0.2, 0.25) is 0 Å². The van der Waals surface area contributed by atoms with Gasteiger partial charge in [0.25, 0.3) is 0 Å². The summed E-state index contributed by atoms with van der Waals surface area (Å²) >= 11 is 0. The van der Waals surface area contributed by atoms with Crippen molar-refractivity contribution in [3.63, 3.8) is 0 Å². The topological polar surface area (TPSA) is 92.0 Å². The zero-order valence-corrected chi connectivity index (χ0v) is 19.7. The monoisotopic (exact) mass is 511 g/mol. The molecule has 0 saturated carbocycles. The summed E-state index contributed by atoms with van der Waals surface area (Å²) in [5.74, 6) is 0.459. The Morgan fingerprint density at radius 1 is 1.11 bits per heavy atom. The summed E-state index contributed by atoms with van der Waals surface area (Å²) in [4.78, 5) is 12.7. The Labute approximate surface area is 210 Å². The second-order valence-corrected chi connectivity index (χ2v) is 8.83. The van der Waals surface area contributed by atoms with Crippen molar-refractivity contribution in [3.8, 4) is 17.0 Å². The molecule has 4 aromatic rings. The molecule has 1 atom stereocenters. The van der Waals surface area contributed by atoms with Crippen LogP contribution in [0.5, 0.6) is 5.75 Å². The lowest BCUT2D eigenvalue weighted by Gasteiger charge is -2.31. The van der Waals surface area contributed by atoms with Gasteiger partial charge >= 0.3 is 12.3 Å². The molecule has 1 amide bonds. The molecule has 8 nitrogen and oxygen atoms in total. The number of carbonyl (C=O) groups is 1. The molecule has 1 fully saturated rings. The molecule has 192 valence electrons. The highest BCUT2D eigenvalue weighted by Crippen LogP contribution is 2.38. The lowest BCUT2D eigenvalue weighted by Crippen LogP contribution is -2.44. The van der Waals surface area contributed by atoms with Crippen LogP contribution in [-0.2, 0) is 12.8 Å². The lowest BCUT2D eigenvalue weighted by atomic mass is 10.1. The number of piperidine rings is 1. The highest BCUT2D eigenvalue weighted by molar-refractivity contribution is 5.81. The molecule has 2 aromatic carbocycles. The van der Waals surface area contributed by atoms with E-state index < -0.39 is 17.8 Å². The van der Waals surface area contributed by atoms with E-state index in [1.165, 1.54) is 11.0 Å². The van der Waals surface area contributed by atoms with Gasteiger partial charge in [-0.25, -0.2) is 4.79 Å². The number of anilines is 1. The van der Waals surface area contributed by atoms with Crippen molar-refractivity contribution in [2.75, 3.05) is 18.4 Å². The first-order valence-electron chi connectivity index (χ1n) is 11.8. The number of carboxylic acid groups (broad SMARTS) is 1. The van der Waals surface area contributed by atoms with Gasteiger partial charge in [0.1, 0.15) is 18.1 Å². The number of ether oxygens (including phenoxy) is 1. The quantitative estimate of drug-likeness (QED) is 0.353. The summed E-state index contributed by atoms with van der Waals surface area (Å²) in [6.45, 7) is 0.885. The summed E-state index contributed by atoms with van der Waals surface area (Å²) in [6, 6.07) is 15.9. The summed E-state index contributed by atoms with van der Waals surface area (Å²) in [7, 11) is 0. The van der Waals surface area contributed by atoms with Gasteiger partial charge in [-0.15, -0.1) is 10.2 Å². The van der Waals surface area contributed by atoms with Crippen molar-refractivity contribution in [2.45, 2.75) is 31.7 Å². The Hall–Kier alpha value is -4.28. The number of aromatic nitrogens is 3. The van der Waals surface area contributed by atoms with Crippen molar-refractivity contribution in [1.82, 2.24) is 19.5 Å². The van der Waals surface area contributed by atoms with E-state index >= 15 is 0 Å². The van der Waals surface area contributed by atoms with Gasteiger partial charge in [0.05, 0.1) is 11.1 Å². The van der Waals surface area contributed by atoms with E-state index in [0.717, 1.165) is 30.5 Å². The van der Waals surface area contributed by atoms with Gasteiger partial charge < -0.3 is 20.1 Å². The van der Waals surface area contributed by atoms with Crippen LogP contribution in [0, 0.1) is 0 Å². The minimum atomic E-state index is -4.53. The number of hydrogen-bond donors (Lipinski definition) is 2. The smallest absolute Gasteiger partial charge is 0.416 e. The molecule has 0 bridgehead atoms. The fraction of sp³-hybridized carbons (Fsp3) is 0.269.